The smallest absolute Gasteiger partial charge is 0.144 e. The molecule has 7 rings (SSSR count). The molecule has 0 N–H and O–H groups in total. The topological polar surface area (TPSA) is 37.9 Å². The molecule has 0 fully saturated rings. The Labute approximate surface area is 329 Å². The van der Waals surface area contributed by atoms with Crippen LogP contribution in [0.1, 0.15) is 101 Å². The maximum Gasteiger partial charge on any atom is 0.144 e. The maximum absolute atomic E-state index is 7.37. The third kappa shape index (κ3) is 7.12. The second kappa shape index (κ2) is 15.6. The second-order valence-electron chi connectivity index (χ2n) is 16.4. The van der Waals surface area contributed by atoms with Crippen LogP contribution in [0.4, 0.5) is 11.4 Å². The summed E-state index contributed by atoms with van der Waals surface area (Å²) in [6.45, 7) is 23.0. The van der Waals surface area contributed by atoms with Crippen molar-refractivity contribution in [3.8, 4) is 0 Å². The summed E-state index contributed by atoms with van der Waals surface area (Å²) in [6.07, 6.45) is 0. The molecule has 7 aromatic rings. The van der Waals surface area contributed by atoms with Crippen LogP contribution in [0.15, 0.2) is 147 Å². The zero-order valence-corrected chi connectivity index (χ0v) is 36.0. The third-order valence-electron chi connectivity index (χ3n) is 11.2. The van der Waals surface area contributed by atoms with E-state index in [1.165, 1.54) is 32.9 Å². The number of furan rings is 1. The quantitative estimate of drug-likeness (QED) is 0.128. The molecule has 1 heterocycles. The van der Waals surface area contributed by atoms with E-state index < -0.39 is 14.1 Å². The summed E-state index contributed by atoms with van der Waals surface area (Å²) < 4.78 is 19.3. The summed E-state index contributed by atoms with van der Waals surface area (Å²) in [7, 11) is -4.83. The molecule has 0 saturated heterocycles. The average molecular weight is 763 g/mol. The fourth-order valence-corrected chi connectivity index (χ4v) is 13.7. The lowest BCUT2D eigenvalue weighted by molar-refractivity contribution is 0.674. The second-order valence-corrected chi connectivity index (χ2v) is 22.6. The van der Waals surface area contributed by atoms with E-state index in [-0.39, 0.29) is 0 Å². The first-order chi connectivity index (χ1) is 26.3. The van der Waals surface area contributed by atoms with Crippen LogP contribution in [0.2, 0.25) is 0 Å². The molecule has 0 radical (unpaired) electrons. The van der Waals surface area contributed by atoms with Gasteiger partial charge in [-0.15, -0.1) is 0 Å². The van der Waals surface area contributed by atoms with Gasteiger partial charge in [-0.05, 0) is 82.0 Å². The van der Waals surface area contributed by atoms with Crippen molar-refractivity contribution >= 4 is 68.6 Å². The van der Waals surface area contributed by atoms with Crippen LogP contribution < -0.4 is 21.2 Å². The standard InChI is InChI=1S/C50H56N2OP2/c1-33(2)39-25-17-26-40(34(3)4)47(39)51-54(9,37-21-13-11-14-22-37)45-31-19-29-43-44-30-20-32-46(50(44)53-49(43)45)55(10,38-23-15-12-16-24-38)52-48-41(35(5)6)27-18-28-42(48)36(7)8/h11-36H,1-10H3. The maximum atomic E-state index is 7.37. The van der Waals surface area contributed by atoms with Crippen LogP contribution in [0.5, 0.6) is 0 Å². The first-order valence-electron chi connectivity index (χ1n) is 19.9. The minimum absolute atomic E-state index is 0.339. The number of hydrogen-bond donors (Lipinski definition) is 0. The van der Waals surface area contributed by atoms with Crippen molar-refractivity contribution in [3.63, 3.8) is 0 Å². The minimum Gasteiger partial charge on any atom is -0.455 e. The molecule has 55 heavy (non-hydrogen) atoms. The summed E-state index contributed by atoms with van der Waals surface area (Å²) in [6, 6.07) is 48.7. The Kier molecular flexibility index (Phi) is 11.0. The van der Waals surface area contributed by atoms with Gasteiger partial charge < -0.3 is 4.42 Å². The first-order valence-corrected chi connectivity index (χ1v) is 24.2. The molecule has 3 nitrogen and oxygen atoms in total. The molecular formula is C50H56N2OP2. The van der Waals surface area contributed by atoms with Crippen LogP contribution in [-0.2, 0) is 0 Å². The molecule has 0 aliphatic carbocycles. The highest BCUT2D eigenvalue weighted by Crippen LogP contribution is 2.54. The lowest BCUT2D eigenvalue weighted by Crippen LogP contribution is -2.16. The molecule has 0 aliphatic rings. The molecule has 0 saturated carbocycles. The summed E-state index contributed by atoms with van der Waals surface area (Å²) in [5.74, 6) is 1.36. The summed E-state index contributed by atoms with van der Waals surface area (Å²) in [5.41, 5.74) is 9.28. The molecular weight excluding hydrogens is 707 g/mol. The predicted octanol–water partition coefficient (Wildman–Crippen LogP) is 14.3. The van der Waals surface area contributed by atoms with Crippen LogP contribution >= 0.6 is 14.1 Å². The monoisotopic (exact) mass is 762 g/mol. The van der Waals surface area contributed by atoms with Gasteiger partial charge in [0.15, 0.2) is 0 Å². The van der Waals surface area contributed by atoms with Gasteiger partial charge in [-0.25, -0.2) is 0 Å². The van der Waals surface area contributed by atoms with E-state index in [1.54, 1.807) is 0 Å². The lowest BCUT2D eigenvalue weighted by atomic mass is 9.93. The molecule has 0 aliphatic heterocycles. The Morgan fingerprint density at radius 1 is 0.382 bits per heavy atom. The molecule has 282 valence electrons. The van der Waals surface area contributed by atoms with Gasteiger partial charge in [0.1, 0.15) is 11.2 Å². The zero-order valence-electron chi connectivity index (χ0n) is 34.2. The first kappa shape index (κ1) is 38.8. The largest absolute Gasteiger partial charge is 0.455 e. The van der Waals surface area contributed by atoms with Crippen molar-refractivity contribution < 1.29 is 4.42 Å². The predicted molar refractivity (Wildman–Crippen MR) is 244 cm³/mol. The van der Waals surface area contributed by atoms with Crippen LogP contribution in [0, 0.1) is 0 Å². The van der Waals surface area contributed by atoms with E-state index >= 15 is 0 Å². The van der Waals surface area contributed by atoms with Crippen molar-refractivity contribution in [2.24, 2.45) is 9.49 Å². The van der Waals surface area contributed by atoms with Gasteiger partial charge in [0.05, 0.1) is 11.4 Å². The summed E-state index contributed by atoms with van der Waals surface area (Å²) in [5, 5.41) is 7.04. The van der Waals surface area contributed by atoms with E-state index in [9.17, 15) is 0 Å². The molecule has 2 atom stereocenters. The van der Waals surface area contributed by atoms with Gasteiger partial charge >= 0.3 is 0 Å². The van der Waals surface area contributed by atoms with Crippen LogP contribution in [-0.4, -0.2) is 13.3 Å². The zero-order chi connectivity index (χ0) is 39.1. The highest BCUT2D eigenvalue weighted by molar-refractivity contribution is 7.81. The number of hydrogen-bond acceptors (Lipinski definition) is 3. The highest BCUT2D eigenvalue weighted by atomic mass is 31.2. The summed E-state index contributed by atoms with van der Waals surface area (Å²) >= 11 is 0. The third-order valence-corrected chi connectivity index (χ3v) is 17.6. The molecule has 1 aromatic heterocycles. The lowest BCUT2D eigenvalue weighted by Gasteiger charge is -2.25. The molecule has 0 spiro atoms. The van der Waals surface area contributed by atoms with Crippen LogP contribution in [0.3, 0.4) is 0 Å². The van der Waals surface area contributed by atoms with Crippen molar-refractivity contribution in [1.82, 2.24) is 0 Å². The Balaban J connectivity index is 1.59. The highest BCUT2D eigenvalue weighted by Gasteiger charge is 2.30. The van der Waals surface area contributed by atoms with Crippen LogP contribution in [0.25, 0.3) is 21.9 Å². The van der Waals surface area contributed by atoms with E-state index in [4.69, 9.17) is 13.9 Å². The molecule has 6 aromatic carbocycles. The number of rotatable bonds is 10. The number of benzene rings is 6. The summed E-state index contributed by atoms with van der Waals surface area (Å²) in [4.78, 5) is 0. The van der Waals surface area contributed by atoms with Gasteiger partial charge in [0.2, 0.25) is 0 Å². The average Bonchev–Trinajstić information content (AvgIpc) is 3.57. The van der Waals surface area contributed by atoms with E-state index in [0.717, 1.165) is 43.9 Å². The van der Waals surface area contributed by atoms with Gasteiger partial charge in [-0.1, -0.05) is 177 Å². The SMILES string of the molecule is CC(C)c1cccc(C(C)C)c1N=P(C)(c1ccccc1)c1cccc2c1oc1c(P(C)(=Nc3c(C(C)C)cccc3C(C)C)c3ccccc3)cccc12. The number of nitrogens with zero attached hydrogens (tertiary/aromatic N) is 2. The fourth-order valence-electron chi connectivity index (χ4n) is 8.07. The normalized spacial score (nSPS) is 14.2. The van der Waals surface area contributed by atoms with Crippen molar-refractivity contribution in [2.45, 2.75) is 79.1 Å². The molecule has 5 heteroatoms. The molecule has 0 bridgehead atoms. The minimum atomic E-state index is -2.42. The van der Waals surface area contributed by atoms with Gasteiger partial charge in [-0.3, -0.25) is 9.49 Å². The van der Waals surface area contributed by atoms with Crippen molar-refractivity contribution in [2.75, 3.05) is 13.3 Å². The fraction of sp³-hybridized carbons (Fsp3) is 0.280. The Hall–Kier alpha value is -4.42. The van der Waals surface area contributed by atoms with E-state index in [1.807, 2.05) is 0 Å². The molecule has 2 unspecified atom stereocenters. The van der Waals surface area contributed by atoms with Crippen molar-refractivity contribution in [1.29, 1.82) is 0 Å². The van der Waals surface area contributed by atoms with Gasteiger partial charge in [-0.2, -0.15) is 0 Å². The Morgan fingerprint density at radius 3 is 1.00 bits per heavy atom. The van der Waals surface area contributed by atoms with Gasteiger partial charge in [0.25, 0.3) is 0 Å². The van der Waals surface area contributed by atoms with Crippen molar-refractivity contribution in [3.05, 3.63) is 156 Å². The Morgan fingerprint density at radius 2 is 0.691 bits per heavy atom. The van der Waals surface area contributed by atoms with Gasteiger partial charge in [0, 0.05) is 35.5 Å². The molecule has 0 amide bonds. The number of para-hydroxylation sites is 2. The van der Waals surface area contributed by atoms with E-state index in [0.29, 0.717) is 23.7 Å². The van der Waals surface area contributed by atoms with E-state index in [2.05, 4.69) is 202 Å². The number of fused-ring (bicyclic) bond motifs is 3. The Bertz CT molecular complexity index is 2360.